The number of anilines is 1. The number of nitrogens with one attached hydrogen (secondary N) is 2. The number of benzene rings is 1. The standard InChI is InChI=1S/C22H25N3OS/c1-15-9-11-17(12-10-15)24-22(26)23-16(2)20-18-7-3-4-8-19(18)27-21(20)25-13-5-6-14-25/h5-6,9-14,16H,3-4,7-8H2,1-2H3,(H2,23,24,26)/t16-/m0/s1. The molecule has 1 atom stereocenters. The van der Waals surface area contributed by atoms with E-state index in [-0.39, 0.29) is 12.1 Å². The van der Waals surface area contributed by atoms with Gasteiger partial charge in [-0.1, -0.05) is 17.7 Å². The van der Waals surface area contributed by atoms with Crippen LogP contribution in [-0.4, -0.2) is 10.6 Å². The van der Waals surface area contributed by atoms with E-state index in [2.05, 4.69) is 34.5 Å². The molecular weight excluding hydrogens is 354 g/mol. The van der Waals surface area contributed by atoms with Gasteiger partial charge in [0.05, 0.1) is 6.04 Å². The van der Waals surface area contributed by atoms with E-state index >= 15 is 0 Å². The molecular formula is C22H25N3OS. The van der Waals surface area contributed by atoms with Gasteiger partial charge in [0.2, 0.25) is 0 Å². The average Bonchev–Trinajstić information content (AvgIpc) is 3.30. The Kier molecular flexibility index (Phi) is 5.03. The van der Waals surface area contributed by atoms with Crippen LogP contribution in [-0.2, 0) is 12.8 Å². The Hall–Kier alpha value is -2.53. The van der Waals surface area contributed by atoms with Crippen molar-refractivity contribution in [1.29, 1.82) is 0 Å². The molecule has 0 spiro atoms. The average molecular weight is 380 g/mol. The van der Waals surface area contributed by atoms with Gasteiger partial charge in [-0.05, 0) is 69.4 Å². The van der Waals surface area contributed by atoms with Gasteiger partial charge in [-0.2, -0.15) is 0 Å². The first-order valence-corrected chi connectivity index (χ1v) is 10.4. The summed E-state index contributed by atoms with van der Waals surface area (Å²) in [6, 6.07) is 11.7. The van der Waals surface area contributed by atoms with Gasteiger partial charge >= 0.3 is 6.03 Å². The molecule has 2 aromatic heterocycles. The number of carbonyl (C=O) groups is 1. The summed E-state index contributed by atoms with van der Waals surface area (Å²) in [4.78, 5) is 14.0. The fourth-order valence-corrected chi connectivity index (χ4v) is 5.21. The number of fused-ring (bicyclic) bond motifs is 1. The van der Waals surface area contributed by atoms with Crippen LogP contribution in [0.25, 0.3) is 5.00 Å². The molecule has 0 aliphatic heterocycles. The maximum absolute atomic E-state index is 12.5. The molecule has 0 bridgehead atoms. The number of carbonyl (C=O) groups excluding carboxylic acids is 1. The SMILES string of the molecule is Cc1ccc(NC(=O)N[C@@H](C)c2c(-n3cccc3)sc3c2CCCC3)cc1. The van der Waals surface area contributed by atoms with Crippen LogP contribution >= 0.6 is 11.3 Å². The summed E-state index contributed by atoms with van der Waals surface area (Å²) in [5.41, 5.74) is 4.70. The molecule has 2 amide bonds. The van der Waals surface area contributed by atoms with Crippen molar-refractivity contribution in [3.05, 3.63) is 70.4 Å². The second-order valence-electron chi connectivity index (χ2n) is 7.21. The molecule has 5 heteroatoms. The van der Waals surface area contributed by atoms with E-state index in [1.807, 2.05) is 54.7 Å². The van der Waals surface area contributed by atoms with Crippen molar-refractivity contribution < 1.29 is 4.79 Å². The molecule has 1 aliphatic rings. The number of rotatable bonds is 4. The Morgan fingerprint density at radius 3 is 2.56 bits per heavy atom. The lowest BCUT2D eigenvalue weighted by molar-refractivity contribution is 0.249. The third-order valence-corrected chi connectivity index (χ3v) is 6.44. The quantitative estimate of drug-likeness (QED) is 0.608. The first-order chi connectivity index (χ1) is 13.1. The molecule has 140 valence electrons. The number of hydrogen-bond acceptors (Lipinski definition) is 2. The molecule has 0 saturated heterocycles. The highest BCUT2D eigenvalue weighted by Gasteiger charge is 2.25. The van der Waals surface area contributed by atoms with E-state index in [1.165, 1.54) is 39.4 Å². The number of aromatic nitrogens is 1. The molecule has 0 radical (unpaired) electrons. The summed E-state index contributed by atoms with van der Waals surface area (Å²) in [7, 11) is 0. The summed E-state index contributed by atoms with van der Waals surface area (Å²) >= 11 is 1.87. The maximum atomic E-state index is 12.5. The molecule has 3 aromatic rings. The number of hydrogen-bond donors (Lipinski definition) is 2. The van der Waals surface area contributed by atoms with Crippen molar-refractivity contribution in [3.63, 3.8) is 0 Å². The lowest BCUT2D eigenvalue weighted by atomic mass is 9.93. The minimum absolute atomic E-state index is 0.0500. The van der Waals surface area contributed by atoms with Gasteiger partial charge in [0, 0.05) is 28.5 Å². The zero-order valence-electron chi connectivity index (χ0n) is 15.8. The van der Waals surface area contributed by atoms with Crippen LogP contribution in [0.2, 0.25) is 0 Å². The molecule has 0 unspecified atom stereocenters. The molecule has 0 saturated carbocycles. The molecule has 27 heavy (non-hydrogen) atoms. The third-order valence-electron chi connectivity index (χ3n) is 5.12. The lowest BCUT2D eigenvalue weighted by Crippen LogP contribution is -2.32. The van der Waals surface area contributed by atoms with E-state index < -0.39 is 0 Å². The smallest absolute Gasteiger partial charge is 0.319 e. The van der Waals surface area contributed by atoms with E-state index in [0.717, 1.165) is 18.5 Å². The van der Waals surface area contributed by atoms with Crippen LogP contribution in [0, 0.1) is 6.92 Å². The van der Waals surface area contributed by atoms with Gasteiger partial charge in [-0.3, -0.25) is 0 Å². The molecule has 2 N–H and O–H groups in total. The van der Waals surface area contributed by atoms with Crippen LogP contribution in [0.15, 0.2) is 48.8 Å². The van der Waals surface area contributed by atoms with Gasteiger partial charge in [-0.25, -0.2) is 4.79 Å². The Morgan fingerprint density at radius 1 is 1.11 bits per heavy atom. The molecule has 1 aliphatic carbocycles. The number of aryl methyl sites for hydroxylation is 2. The maximum Gasteiger partial charge on any atom is 0.319 e. The largest absolute Gasteiger partial charge is 0.331 e. The molecule has 4 rings (SSSR count). The van der Waals surface area contributed by atoms with Gasteiger partial charge in [0.25, 0.3) is 0 Å². The number of urea groups is 1. The molecule has 2 heterocycles. The van der Waals surface area contributed by atoms with E-state index in [1.54, 1.807) is 0 Å². The Balaban J connectivity index is 1.57. The van der Waals surface area contributed by atoms with Gasteiger partial charge < -0.3 is 15.2 Å². The molecule has 0 fully saturated rings. The summed E-state index contributed by atoms with van der Waals surface area (Å²) < 4.78 is 2.17. The van der Waals surface area contributed by atoms with Gasteiger partial charge in [-0.15, -0.1) is 11.3 Å². The van der Waals surface area contributed by atoms with Crippen LogP contribution in [0.3, 0.4) is 0 Å². The van der Waals surface area contributed by atoms with Crippen molar-refractivity contribution in [3.8, 4) is 5.00 Å². The zero-order valence-corrected chi connectivity index (χ0v) is 16.6. The normalized spacial score (nSPS) is 14.4. The summed E-state index contributed by atoms with van der Waals surface area (Å²) in [5, 5.41) is 7.32. The van der Waals surface area contributed by atoms with Crippen LogP contribution < -0.4 is 10.6 Å². The number of thiophene rings is 1. The second-order valence-corrected chi connectivity index (χ2v) is 8.29. The van der Waals surface area contributed by atoms with Crippen molar-refractivity contribution >= 4 is 23.1 Å². The summed E-state index contributed by atoms with van der Waals surface area (Å²) in [6.07, 6.45) is 8.91. The Labute approximate surface area is 164 Å². The van der Waals surface area contributed by atoms with Gasteiger partial charge in [0.15, 0.2) is 0 Å². The Bertz CT molecular complexity index is 925. The number of amides is 2. The van der Waals surface area contributed by atoms with Crippen LogP contribution in [0.1, 0.15) is 47.4 Å². The number of nitrogens with zero attached hydrogens (tertiary/aromatic N) is 1. The topological polar surface area (TPSA) is 46.1 Å². The van der Waals surface area contributed by atoms with Crippen LogP contribution in [0.4, 0.5) is 10.5 Å². The minimum atomic E-state index is -0.166. The fourth-order valence-electron chi connectivity index (χ4n) is 3.76. The van der Waals surface area contributed by atoms with Crippen molar-refractivity contribution in [2.24, 2.45) is 0 Å². The van der Waals surface area contributed by atoms with E-state index in [9.17, 15) is 4.79 Å². The van der Waals surface area contributed by atoms with E-state index in [4.69, 9.17) is 0 Å². The summed E-state index contributed by atoms with van der Waals surface area (Å²) in [5.74, 6) is 0. The minimum Gasteiger partial charge on any atom is -0.331 e. The predicted molar refractivity (Wildman–Crippen MR) is 112 cm³/mol. The third kappa shape index (κ3) is 3.78. The van der Waals surface area contributed by atoms with Crippen molar-refractivity contribution in [2.45, 2.75) is 45.6 Å². The first-order valence-electron chi connectivity index (χ1n) is 9.54. The zero-order chi connectivity index (χ0) is 18.8. The highest BCUT2D eigenvalue weighted by atomic mass is 32.1. The second kappa shape index (κ2) is 7.61. The van der Waals surface area contributed by atoms with E-state index in [0.29, 0.717) is 0 Å². The van der Waals surface area contributed by atoms with Crippen LogP contribution in [0.5, 0.6) is 0 Å². The highest BCUT2D eigenvalue weighted by Crippen LogP contribution is 2.40. The molecule has 1 aromatic carbocycles. The fraction of sp³-hybridized carbons (Fsp3) is 0.318. The van der Waals surface area contributed by atoms with Gasteiger partial charge in [0.1, 0.15) is 5.00 Å². The molecule has 4 nitrogen and oxygen atoms in total. The monoisotopic (exact) mass is 379 g/mol. The Morgan fingerprint density at radius 2 is 1.81 bits per heavy atom. The van der Waals surface area contributed by atoms with Crippen molar-refractivity contribution in [1.82, 2.24) is 9.88 Å². The summed E-state index contributed by atoms with van der Waals surface area (Å²) in [6.45, 7) is 4.12. The highest BCUT2D eigenvalue weighted by molar-refractivity contribution is 7.15. The van der Waals surface area contributed by atoms with Crippen molar-refractivity contribution in [2.75, 3.05) is 5.32 Å². The lowest BCUT2D eigenvalue weighted by Gasteiger charge is -2.20. The first kappa shape index (κ1) is 17.9. The predicted octanol–water partition coefficient (Wildman–Crippen LogP) is 5.61.